The first-order valence-corrected chi connectivity index (χ1v) is 6.07. The second-order valence-electron chi connectivity index (χ2n) is 4.43. The van der Waals surface area contributed by atoms with Crippen molar-refractivity contribution in [3.05, 3.63) is 29.8 Å². The molecule has 0 aliphatic rings. The van der Waals surface area contributed by atoms with E-state index in [1.54, 1.807) is 7.11 Å². The molecule has 0 bridgehead atoms. The Morgan fingerprint density at radius 1 is 1.44 bits per heavy atom. The molecule has 4 heteroatoms. The summed E-state index contributed by atoms with van der Waals surface area (Å²) >= 11 is 0. The maximum atomic E-state index is 8.67. The summed E-state index contributed by atoms with van der Waals surface area (Å²) in [4.78, 5) is 2.10. The number of nitriles is 1. The highest BCUT2D eigenvalue weighted by molar-refractivity contribution is 5.36. The van der Waals surface area contributed by atoms with Crippen LogP contribution in [0.15, 0.2) is 24.3 Å². The van der Waals surface area contributed by atoms with E-state index >= 15 is 0 Å². The summed E-state index contributed by atoms with van der Waals surface area (Å²) < 4.78 is 5.38. The van der Waals surface area contributed by atoms with Crippen molar-refractivity contribution in [2.45, 2.75) is 25.4 Å². The van der Waals surface area contributed by atoms with Gasteiger partial charge in [-0.1, -0.05) is 18.2 Å². The highest BCUT2D eigenvalue weighted by atomic mass is 16.5. The van der Waals surface area contributed by atoms with E-state index in [4.69, 9.17) is 15.7 Å². The highest BCUT2D eigenvalue weighted by Crippen LogP contribution is 2.30. The highest BCUT2D eigenvalue weighted by Gasteiger charge is 2.23. The summed E-state index contributed by atoms with van der Waals surface area (Å²) in [6.07, 6.45) is 0.495. The van der Waals surface area contributed by atoms with Gasteiger partial charge < -0.3 is 10.5 Å². The van der Waals surface area contributed by atoms with Crippen molar-refractivity contribution in [3.63, 3.8) is 0 Å². The fourth-order valence-electron chi connectivity index (χ4n) is 2.20. The van der Waals surface area contributed by atoms with E-state index in [-0.39, 0.29) is 12.1 Å². The summed E-state index contributed by atoms with van der Waals surface area (Å²) in [6.45, 7) is 2.67. The molecule has 1 rings (SSSR count). The van der Waals surface area contributed by atoms with E-state index in [9.17, 15) is 0 Å². The SMILES string of the molecule is COc1ccccc1C(C(C)N)N(C)CCC#N. The molecule has 0 heterocycles. The molecule has 0 spiro atoms. The molecular formula is C14H21N3O. The zero-order valence-corrected chi connectivity index (χ0v) is 11.3. The quantitative estimate of drug-likeness (QED) is 0.834. The Morgan fingerprint density at radius 2 is 2.11 bits per heavy atom. The average molecular weight is 247 g/mol. The molecule has 0 saturated carbocycles. The molecule has 4 nitrogen and oxygen atoms in total. The number of nitrogens with zero attached hydrogens (tertiary/aromatic N) is 2. The van der Waals surface area contributed by atoms with Gasteiger partial charge in [-0.15, -0.1) is 0 Å². The Morgan fingerprint density at radius 3 is 2.67 bits per heavy atom. The van der Waals surface area contributed by atoms with Crippen molar-refractivity contribution in [1.29, 1.82) is 5.26 Å². The Balaban J connectivity index is 3.01. The largest absolute Gasteiger partial charge is 0.496 e. The van der Waals surface area contributed by atoms with Gasteiger partial charge in [0.05, 0.1) is 19.2 Å². The van der Waals surface area contributed by atoms with Gasteiger partial charge in [0.25, 0.3) is 0 Å². The molecule has 18 heavy (non-hydrogen) atoms. The number of rotatable bonds is 6. The van der Waals surface area contributed by atoms with Crippen LogP contribution in [-0.4, -0.2) is 31.6 Å². The minimum Gasteiger partial charge on any atom is -0.496 e. The number of methoxy groups -OCH3 is 1. The maximum absolute atomic E-state index is 8.67. The number of likely N-dealkylation sites (N-methyl/N-ethyl adjacent to an activating group) is 1. The summed E-state index contributed by atoms with van der Waals surface area (Å²) in [5.41, 5.74) is 7.15. The number of benzene rings is 1. The molecule has 0 fully saturated rings. The van der Waals surface area contributed by atoms with Crippen molar-refractivity contribution in [3.8, 4) is 11.8 Å². The molecule has 0 aromatic heterocycles. The zero-order valence-electron chi connectivity index (χ0n) is 11.3. The molecule has 98 valence electrons. The van der Waals surface area contributed by atoms with Crippen LogP contribution in [0.3, 0.4) is 0 Å². The first-order valence-electron chi connectivity index (χ1n) is 6.07. The van der Waals surface area contributed by atoms with E-state index in [0.29, 0.717) is 13.0 Å². The molecule has 0 amide bonds. The first-order chi connectivity index (χ1) is 8.61. The third kappa shape index (κ3) is 3.46. The molecular weight excluding hydrogens is 226 g/mol. The van der Waals surface area contributed by atoms with Gasteiger partial charge in [-0.2, -0.15) is 5.26 Å². The lowest BCUT2D eigenvalue weighted by Gasteiger charge is -2.31. The number of hydrogen-bond donors (Lipinski definition) is 1. The average Bonchev–Trinajstić information content (AvgIpc) is 2.36. The van der Waals surface area contributed by atoms with Gasteiger partial charge in [0.1, 0.15) is 5.75 Å². The summed E-state index contributed by atoms with van der Waals surface area (Å²) in [7, 11) is 3.64. The van der Waals surface area contributed by atoms with Crippen LogP contribution in [0.4, 0.5) is 0 Å². The normalized spacial score (nSPS) is 14.0. The molecule has 0 radical (unpaired) electrons. The number of nitrogens with two attached hydrogens (primary N) is 1. The summed E-state index contributed by atoms with van der Waals surface area (Å²) in [5.74, 6) is 0.837. The Hall–Kier alpha value is -1.57. The van der Waals surface area contributed by atoms with Crippen LogP contribution in [0.2, 0.25) is 0 Å². The maximum Gasteiger partial charge on any atom is 0.123 e. The molecule has 0 aliphatic carbocycles. The van der Waals surface area contributed by atoms with Crippen LogP contribution in [-0.2, 0) is 0 Å². The Labute approximate surface area is 109 Å². The number of para-hydroxylation sites is 1. The minimum absolute atomic E-state index is 0.0370. The fraction of sp³-hybridized carbons (Fsp3) is 0.500. The third-order valence-corrected chi connectivity index (χ3v) is 3.01. The third-order valence-electron chi connectivity index (χ3n) is 3.01. The molecule has 1 aromatic rings. The van der Waals surface area contributed by atoms with Gasteiger partial charge in [-0.3, -0.25) is 4.90 Å². The van der Waals surface area contributed by atoms with E-state index in [2.05, 4.69) is 11.0 Å². The molecule has 2 atom stereocenters. The fourth-order valence-corrected chi connectivity index (χ4v) is 2.20. The lowest BCUT2D eigenvalue weighted by molar-refractivity contribution is 0.218. The lowest BCUT2D eigenvalue weighted by Crippen LogP contribution is -2.37. The van der Waals surface area contributed by atoms with Gasteiger partial charge >= 0.3 is 0 Å². The van der Waals surface area contributed by atoms with E-state index in [0.717, 1.165) is 11.3 Å². The molecule has 1 aromatic carbocycles. The van der Waals surface area contributed by atoms with Crippen LogP contribution >= 0.6 is 0 Å². The van der Waals surface area contributed by atoms with Gasteiger partial charge in [0.15, 0.2) is 0 Å². The first kappa shape index (κ1) is 14.5. The van der Waals surface area contributed by atoms with Crippen LogP contribution in [0, 0.1) is 11.3 Å². The van der Waals surface area contributed by atoms with Crippen molar-refractivity contribution >= 4 is 0 Å². The lowest BCUT2D eigenvalue weighted by atomic mass is 9.98. The Bertz CT molecular complexity index is 412. The van der Waals surface area contributed by atoms with Gasteiger partial charge in [-0.05, 0) is 20.0 Å². The predicted octanol–water partition coefficient (Wildman–Crippen LogP) is 1.93. The topological polar surface area (TPSA) is 62.3 Å². The molecule has 2 unspecified atom stereocenters. The predicted molar refractivity (Wildman–Crippen MR) is 72.2 cm³/mol. The summed E-state index contributed by atoms with van der Waals surface area (Å²) in [6, 6.07) is 10.0. The zero-order chi connectivity index (χ0) is 13.5. The Kier molecular flexibility index (Phi) is 5.63. The monoisotopic (exact) mass is 247 g/mol. The molecule has 0 saturated heterocycles. The summed E-state index contributed by atoms with van der Waals surface area (Å²) in [5, 5.41) is 8.67. The smallest absolute Gasteiger partial charge is 0.123 e. The van der Waals surface area contributed by atoms with Crippen molar-refractivity contribution in [2.75, 3.05) is 20.7 Å². The van der Waals surface area contributed by atoms with Crippen molar-refractivity contribution < 1.29 is 4.74 Å². The van der Waals surface area contributed by atoms with Crippen LogP contribution in [0.5, 0.6) is 5.75 Å². The van der Waals surface area contributed by atoms with E-state index in [1.165, 1.54) is 0 Å². The van der Waals surface area contributed by atoms with Gasteiger partial charge in [0, 0.05) is 24.6 Å². The standard InChI is InChI=1S/C14H21N3O/c1-11(16)14(17(2)10-6-9-15)12-7-4-5-8-13(12)18-3/h4-5,7-8,11,14H,6,10,16H2,1-3H3. The number of hydrogen-bond acceptors (Lipinski definition) is 4. The second kappa shape index (κ2) is 7.00. The van der Waals surface area contributed by atoms with E-state index in [1.807, 2.05) is 38.2 Å². The molecule has 0 aliphatic heterocycles. The molecule has 2 N–H and O–H groups in total. The van der Waals surface area contributed by atoms with Gasteiger partial charge in [0.2, 0.25) is 0 Å². The van der Waals surface area contributed by atoms with Crippen molar-refractivity contribution in [2.24, 2.45) is 5.73 Å². The van der Waals surface area contributed by atoms with E-state index < -0.39 is 0 Å². The van der Waals surface area contributed by atoms with Crippen molar-refractivity contribution in [1.82, 2.24) is 4.90 Å². The van der Waals surface area contributed by atoms with Crippen LogP contribution in [0.25, 0.3) is 0 Å². The number of ether oxygens (including phenoxy) is 1. The van der Waals surface area contributed by atoms with Gasteiger partial charge in [-0.25, -0.2) is 0 Å². The minimum atomic E-state index is -0.0370. The second-order valence-corrected chi connectivity index (χ2v) is 4.43. The van der Waals surface area contributed by atoms with Crippen LogP contribution in [0.1, 0.15) is 24.9 Å². The van der Waals surface area contributed by atoms with Crippen LogP contribution < -0.4 is 10.5 Å².